The molecule has 0 radical (unpaired) electrons. The van der Waals surface area contributed by atoms with Crippen molar-refractivity contribution < 1.29 is 22.9 Å². The second-order valence-corrected chi connectivity index (χ2v) is 5.06. The summed E-state index contributed by atoms with van der Waals surface area (Å²) in [7, 11) is 1.55. The number of benzene rings is 2. The first-order valence-electron chi connectivity index (χ1n) is 7.08. The molecule has 0 bridgehead atoms. The topological polar surface area (TPSA) is 72.2 Å². The van der Waals surface area contributed by atoms with E-state index in [1.165, 1.54) is 18.2 Å². The van der Waals surface area contributed by atoms with E-state index in [9.17, 15) is 28.1 Å². The number of carbonyl (C=O) groups is 1. The van der Waals surface area contributed by atoms with Crippen molar-refractivity contribution in [3.63, 3.8) is 0 Å². The van der Waals surface area contributed by atoms with Gasteiger partial charge in [0, 0.05) is 18.7 Å². The summed E-state index contributed by atoms with van der Waals surface area (Å²) in [5.41, 5.74) is -0.147. The van der Waals surface area contributed by atoms with Crippen LogP contribution in [0.2, 0.25) is 0 Å². The van der Waals surface area contributed by atoms with Crippen molar-refractivity contribution in [2.45, 2.75) is 6.18 Å². The van der Waals surface area contributed by atoms with Gasteiger partial charge in [0.25, 0.3) is 5.69 Å². The maximum Gasteiger partial charge on any atom is 0.416 e. The van der Waals surface area contributed by atoms with Gasteiger partial charge in [0.1, 0.15) is 5.69 Å². The van der Waals surface area contributed by atoms with Gasteiger partial charge in [0.05, 0.1) is 10.5 Å². The van der Waals surface area contributed by atoms with Gasteiger partial charge in [-0.1, -0.05) is 24.3 Å². The molecule has 0 atom stereocenters. The minimum atomic E-state index is -4.47. The Morgan fingerprint density at radius 3 is 2.32 bits per heavy atom. The molecule has 130 valence electrons. The predicted octanol–water partition coefficient (Wildman–Crippen LogP) is 4.55. The number of halogens is 3. The number of nitro groups is 1. The van der Waals surface area contributed by atoms with Gasteiger partial charge in [-0.25, -0.2) is 0 Å². The van der Waals surface area contributed by atoms with Crippen LogP contribution in [0, 0.1) is 10.1 Å². The lowest BCUT2D eigenvalue weighted by Crippen LogP contribution is -2.05. The number of hydrogen-bond acceptors (Lipinski definition) is 4. The highest BCUT2D eigenvalue weighted by Gasteiger charge is 2.30. The minimum Gasteiger partial charge on any atom is -0.383 e. The molecule has 2 rings (SSSR count). The summed E-state index contributed by atoms with van der Waals surface area (Å²) in [6.07, 6.45) is -1.95. The lowest BCUT2D eigenvalue weighted by Gasteiger charge is -2.06. The maximum absolute atomic E-state index is 12.5. The highest BCUT2D eigenvalue weighted by molar-refractivity contribution is 6.06. The van der Waals surface area contributed by atoms with Crippen LogP contribution in [0.3, 0.4) is 0 Å². The van der Waals surface area contributed by atoms with E-state index in [1.54, 1.807) is 13.1 Å². The summed E-state index contributed by atoms with van der Waals surface area (Å²) in [6.45, 7) is 0. The Hall–Kier alpha value is -3.16. The average Bonchev–Trinajstić information content (AvgIpc) is 2.58. The Bertz CT molecular complexity index is 828. The molecule has 0 fully saturated rings. The van der Waals surface area contributed by atoms with Gasteiger partial charge in [-0.15, -0.1) is 0 Å². The summed E-state index contributed by atoms with van der Waals surface area (Å²) < 4.78 is 37.5. The third-order valence-corrected chi connectivity index (χ3v) is 3.41. The molecule has 0 aromatic heterocycles. The van der Waals surface area contributed by atoms with Crippen molar-refractivity contribution in [3.8, 4) is 0 Å². The lowest BCUT2D eigenvalue weighted by molar-refractivity contribution is -0.384. The van der Waals surface area contributed by atoms with Crippen LogP contribution < -0.4 is 5.32 Å². The molecule has 0 amide bonds. The number of anilines is 1. The highest BCUT2D eigenvalue weighted by Crippen LogP contribution is 2.29. The second kappa shape index (κ2) is 7.16. The third kappa shape index (κ3) is 4.43. The molecule has 25 heavy (non-hydrogen) atoms. The van der Waals surface area contributed by atoms with E-state index in [-0.39, 0.29) is 11.3 Å². The standard InChI is InChI=1S/C17H13F3N2O3/c1-21-14-8-2-11(10-15(14)22(24)25)3-9-16(23)12-4-6-13(7-5-12)17(18,19)20/h2-10,21H,1H3/b9-3+. The van der Waals surface area contributed by atoms with Crippen LogP contribution in [0.1, 0.15) is 21.5 Å². The largest absolute Gasteiger partial charge is 0.416 e. The molecular formula is C17H13F3N2O3. The number of allylic oxidation sites excluding steroid dienone is 1. The Balaban J connectivity index is 2.20. The zero-order valence-electron chi connectivity index (χ0n) is 13.0. The van der Waals surface area contributed by atoms with Crippen molar-refractivity contribution >= 4 is 23.2 Å². The Labute approximate surface area is 140 Å². The first-order chi connectivity index (χ1) is 11.7. The second-order valence-electron chi connectivity index (χ2n) is 5.06. The van der Waals surface area contributed by atoms with Crippen molar-refractivity contribution in [1.82, 2.24) is 0 Å². The fourth-order valence-corrected chi connectivity index (χ4v) is 2.11. The lowest BCUT2D eigenvalue weighted by atomic mass is 10.1. The number of nitrogens with zero attached hydrogens (tertiary/aromatic N) is 1. The van der Waals surface area contributed by atoms with E-state index in [4.69, 9.17) is 0 Å². The van der Waals surface area contributed by atoms with Gasteiger partial charge in [-0.05, 0) is 29.8 Å². The quantitative estimate of drug-likeness (QED) is 0.372. The zero-order valence-corrected chi connectivity index (χ0v) is 13.0. The van der Waals surface area contributed by atoms with Gasteiger partial charge in [0.15, 0.2) is 5.78 Å². The molecule has 8 heteroatoms. The Kier molecular flexibility index (Phi) is 5.21. The molecule has 2 aromatic carbocycles. The van der Waals surface area contributed by atoms with Gasteiger partial charge in [0.2, 0.25) is 0 Å². The van der Waals surface area contributed by atoms with Crippen molar-refractivity contribution in [2.24, 2.45) is 0 Å². The average molecular weight is 350 g/mol. The summed E-state index contributed by atoms with van der Waals surface area (Å²) >= 11 is 0. The zero-order chi connectivity index (χ0) is 18.6. The number of nitro benzene ring substituents is 1. The SMILES string of the molecule is CNc1ccc(/C=C/C(=O)c2ccc(C(F)(F)F)cc2)cc1[N+](=O)[O-]. The molecule has 0 aliphatic rings. The van der Waals surface area contributed by atoms with Crippen LogP contribution in [0.4, 0.5) is 24.5 Å². The van der Waals surface area contributed by atoms with Crippen LogP contribution >= 0.6 is 0 Å². The number of hydrogen-bond donors (Lipinski definition) is 1. The van der Waals surface area contributed by atoms with Crippen LogP contribution in [-0.4, -0.2) is 17.8 Å². The number of alkyl halides is 3. The maximum atomic E-state index is 12.5. The van der Waals surface area contributed by atoms with Crippen molar-refractivity contribution in [1.29, 1.82) is 0 Å². The Morgan fingerprint density at radius 1 is 1.16 bits per heavy atom. The van der Waals surface area contributed by atoms with Crippen LogP contribution in [0.25, 0.3) is 6.08 Å². The number of ketones is 1. The number of carbonyl (C=O) groups excluding carboxylic acids is 1. The molecule has 1 N–H and O–H groups in total. The van der Waals surface area contributed by atoms with E-state index in [2.05, 4.69) is 5.32 Å². The first kappa shape index (κ1) is 18.2. The molecule has 0 aliphatic heterocycles. The van der Waals surface area contributed by atoms with Gasteiger partial charge in [-0.2, -0.15) is 13.2 Å². The van der Waals surface area contributed by atoms with E-state index in [1.807, 2.05) is 0 Å². The summed E-state index contributed by atoms with van der Waals surface area (Å²) in [6, 6.07) is 8.20. The molecule has 0 saturated heterocycles. The first-order valence-corrected chi connectivity index (χ1v) is 7.08. The molecule has 0 heterocycles. The summed E-state index contributed by atoms with van der Waals surface area (Å²) in [4.78, 5) is 22.4. The summed E-state index contributed by atoms with van der Waals surface area (Å²) in [5, 5.41) is 13.7. The van der Waals surface area contributed by atoms with Gasteiger partial charge in [-0.3, -0.25) is 14.9 Å². The van der Waals surface area contributed by atoms with E-state index in [0.29, 0.717) is 11.3 Å². The Morgan fingerprint density at radius 2 is 1.80 bits per heavy atom. The van der Waals surface area contributed by atoms with Crippen LogP contribution in [0.15, 0.2) is 48.5 Å². The van der Waals surface area contributed by atoms with E-state index in [0.717, 1.165) is 30.3 Å². The number of nitrogens with one attached hydrogen (secondary N) is 1. The van der Waals surface area contributed by atoms with Crippen molar-refractivity contribution in [2.75, 3.05) is 12.4 Å². The fourth-order valence-electron chi connectivity index (χ4n) is 2.11. The molecule has 0 aliphatic carbocycles. The molecule has 0 saturated carbocycles. The number of rotatable bonds is 5. The molecule has 2 aromatic rings. The molecule has 0 unspecified atom stereocenters. The van der Waals surface area contributed by atoms with Crippen LogP contribution in [-0.2, 0) is 6.18 Å². The molecule has 5 nitrogen and oxygen atoms in total. The minimum absolute atomic E-state index is 0.0885. The van der Waals surface area contributed by atoms with Gasteiger partial charge >= 0.3 is 6.18 Å². The van der Waals surface area contributed by atoms with E-state index >= 15 is 0 Å². The normalized spacial score (nSPS) is 11.5. The highest BCUT2D eigenvalue weighted by atomic mass is 19.4. The summed E-state index contributed by atoms with van der Waals surface area (Å²) in [5.74, 6) is -0.505. The monoisotopic (exact) mass is 350 g/mol. The predicted molar refractivity (Wildman–Crippen MR) is 87.5 cm³/mol. The smallest absolute Gasteiger partial charge is 0.383 e. The van der Waals surface area contributed by atoms with Crippen LogP contribution in [0.5, 0.6) is 0 Å². The fraction of sp³-hybridized carbons (Fsp3) is 0.118. The molecule has 0 spiro atoms. The van der Waals surface area contributed by atoms with Gasteiger partial charge < -0.3 is 5.32 Å². The van der Waals surface area contributed by atoms with Crippen molar-refractivity contribution in [3.05, 3.63) is 75.3 Å². The molecular weight excluding hydrogens is 337 g/mol. The third-order valence-electron chi connectivity index (χ3n) is 3.41. The van der Waals surface area contributed by atoms with E-state index < -0.39 is 22.4 Å².